The van der Waals surface area contributed by atoms with E-state index in [4.69, 9.17) is 21.1 Å². The molecule has 1 heterocycles. The van der Waals surface area contributed by atoms with Crippen LogP contribution in [0.1, 0.15) is 12.0 Å². The summed E-state index contributed by atoms with van der Waals surface area (Å²) in [5, 5.41) is 8.91. The standard InChI is InChI=1S/C20H22ClN3O3/c1-26-18-6-3-14(11-19(18)27-2)7-9-22-20(25)8-10-24-17-5-4-16(21)12-15(17)13-23-24/h3-6,11-13H,7-10H2,1-2H3,(H,22,25). The summed E-state index contributed by atoms with van der Waals surface area (Å²) in [6, 6.07) is 11.4. The molecule has 0 bridgehead atoms. The number of aryl methyl sites for hydroxylation is 1. The Bertz CT molecular complexity index is 939. The number of carbonyl (C=O) groups excluding carboxylic acids is 1. The second-order valence-electron chi connectivity index (χ2n) is 6.11. The van der Waals surface area contributed by atoms with Gasteiger partial charge >= 0.3 is 0 Å². The van der Waals surface area contributed by atoms with Crippen LogP contribution in [0.5, 0.6) is 11.5 Å². The lowest BCUT2D eigenvalue weighted by molar-refractivity contribution is -0.121. The van der Waals surface area contributed by atoms with Crippen molar-refractivity contribution in [1.29, 1.82) is 0 Å². The lowest BCUT2D eigenvalue weighted by atomic mass is 10.1. The molecule has 6 nitrogen and oxygen atoms in total. The predicted molar refractivity (Wildman–Crippen MR) is 106 cm³/mol. The molecule has 1 amide bonds. The lowest BCUT2D eigenvalue weighted by Crippen LogP contribution is -2.26. The van der Waals surface area contributed by atoms with Crippen LogP contribution in [0.15, 0.2) is 42.6 Å². The van der Waals surface area contributed by atoms with Gasteiger partial charge in [0.15, 0.2) is 11.5 Å². The van der Waals surface area contributed by atoms with E-state index in [2.05, 4.69) is 10.4 Å². The highest BCUT2D eigenvalue weighted by Gasteiger charge is 2.08. The zero-order valence-corrected chi connectivity index (χ0v) is 16.1. The number of nitrogens with one attached hydrogen (secondary N) is 1. The molecule has 0 aliphatic rings. The maximum Gasteiger partial charge on any atom is 0.221 e. The molecule has 1 N–H and O–H groups in total. The minimum Gasteiger partial charge on any atom is -0.493 e. The van der Waals surface area contributed by atoms with Gasteiger partial charge in [-0.3, -0.25) is 9.48 Å². The first-order valence-corrected chi connectivity index (χ1v) is 9.07. The number of halogens is 1. The second kappa shape index (κ2) is 8.77. The molecule has 0 aliphatic carbocycles. The Morgan fingerprint density at radius 1 is 1.15 bits per heavy atom. The Balaban J connectivity index is 1.48. The summed E-state index contributed by atoms with van der Waals surface area (Å²) in [6.07, 6.45) is 2.84. The number of methoxy groups -OCH3 is 2. The van der Waals surface area contributed by atoms with E-state index in [0.29, 0.717) is 36.0 Å². The van der Waals surface area contributed by atoms with Gasteiger partial charge in [-0.05, 0) is 42.3 Å². The number of hydrogen-bond donors (Lipinski definition) is 1. The van der Waals surface area contributed by atoms with Crippen LogP contribution in [0.2, 0.25) is 5.02 Å². The summed E-state index contributed by atoms with van der Waals surface area (Å²) in [4.78, 5) is 12.1. The van der Waals surface area contributed by atoms with Gasteiger partial charge in [0, 0.05) is 23.4 Å². The van der Waals surface area contributed by atoms with Gasteiger partial charge in [0.1, 0.15) is 0 Å². The molecule has 0 radical (unpaired) electrons. The van der Waals surface area contributed by atoms with E-state index in [-0.39, 0.29) is 5.91 Å². The van der Waals surface area contributed by atoms with Crippen LogP contribution in [0.25, 0.3) is 10.9 Å². The van der Waals surface area contributed by atoms with Crippen LogP contribution in [0.4, 0.5) is 0 Å². The van der Waals surface area contributed by atoms with E-state index in [1.165, 1.54) is 0 Å². The van der Waals surface area contributed by atoms with Crippen LogP contribution < -0.4 is 14.8 Å². The first kappa shape index (κ1) is 19.0. The molecular weight excluding hydrogens is 366 g/mol. The summed E-state index contributed by atoms with van der Waals surface area (Å²) in [7, 11) is 3.21. The van der Waals surface area contributed by atoms with Crippen molar-refractivity contribution in [2.24, 2.45) is 0 Å². The summed E-state index contributed by atoms with van der Waals surface area (Å²) >= 11 is 5.98. The average Bonchev–Trinajstić information content (AvgIpc) is 3.08. The first-order chi connectivity index (χ1) is 13.1. The number of aromatic nitrogens is 2. The molecule has 0 saturated carbocycles. The quantitative estimate of drug-likeness (QED) is 0.642. The number of fused-ring (bicyclic) bond motifs is 1. The summed E-state index contributed by atoms with van der Waals surface area (Å²) in [5.74, 6) is 1.37. The fraction of sp³-hybridized carbons (Fsp3) is 0.300. The molecule has 0 aliphatic heterocycles. The third-order valence-corrected chi connectivity index (χ3v) is 4.57. The molecule has 142 valence electrons. The minimum atomic E-state index is -0.00640. The molecule has 0 fully saturated rings. The lowest BCUT2D eigenvalue weighted by Gasteiger charge is -2.10. The molecule has 3 rings (SSSR count). The molecule has 1 aromatic heterocycles. The zero-order chi connectivity index (χ0) is 19.2. The SMILES string of the molecule is COc1ccc(CCNC(=O)CCn2ncc3cc(Cl)ccc32)cc1OC. The number of ether oxygens (including phenoxy) is 2. The molecule has 0 saturated heterocycles. The largest absolute Gasteiger partial charge is 0.493 e. The highest BCUT2D eigenvalue weighted by atomic mass is 35.5. The normalized spacial score (nSPS) is 10.8. The van der Waals surface area contributed by atoms with Crippen LogP contribution in [0, 0.1) is 0 Å². The van der Waals surface area contributed by atoms with E-state index in [1.54, 1.807) is 20.4 Å². The fourth-order valence-electron chi connectivity index (χ4n) is 2.91. The highest BCUT2D eigenvalue weighted by Crippen LogP contribution is 2.27. The van der Waals surface area contributed by atoms with Gasteiger partial charge in [-0.2, -0.15) is 5.10 Å². The van der Waals surface area contributed by atoms with E-state index in [1.807, 2.05) is 41.1 Å². The highest BCUT2D eigenvalue weighted by molar-refractivity contribution is 6.31. The number of benzene rings is 2. The molecule has 2 aromatic carbocycles. The van der Waals surface area contributed by atoms with Crippen LogP contribution in [0.3, 0.4) is 0 Å². The van der Waals surface area contributed by atoms with Crippen molar-refractivity contribution in [2.75, 3.05) is 20.8 Å². The van der Waals surface area contributed by atoms with E-state index < -0.39 is 0 Å². The van der Waals surface area contributed by atoms with Crippen molar-refractivity contribution >= 4 is 28.4 Å². The predicted octanol–water partition coefficient (Wildman–Crippen LogP) is 3.46. The van der Waals surface area contributed by atoms with Crippen molar-refractivity contribution in [3.63, 3.8) is 0 Å². The van der Waals surface area contributed by atoms with Crippen molar-refractivity contribution < 1.29 is 14.3 Å². The molecule has 7 heteroatoms. The molecule has 0 atom stereocenters. The first-order valence-electron chi connectivity index (χ1n) is 8.69. The maximum absolute atomic E-state index is 12.1. The Morgan fingerprint density at radius 3 is 2.74 bits per heavy atom. The monoisotopic (exact) mass is 387 g/mol. The van der Waals surface area contributed by atoms with Gasteiger partial charge in [-0.1, -0.05) is 17.7 Å². The number of amides is 1. The van der Waals surface area contributed by atoms with Crippen LogP contribution in [-0.4, -0.2) is 36.5 Å². The summed E-state index contributed by atoms with van der Waals surface area (Å²) in [5.41, 5.74) is 2.04. The average molecular weight is 388 g/mol. The van der Waals surface area contributed by atoms with Gasteiger partial charge in [0.05, 0.1) is 32.5 Å². The number of nitrogens with zero attached hydrogens (tertiary/aromatic N) is 2. The topological polar surface area (TPSA) is 65.4 Å². The smallest absolute Gasteiger partial charge is 0.221 e. The van der Waals surface area contributed by atoms with Crippen molar-refractivity contribution in [1.82, 2.24) is 15.1 Å². The minimum absolute atomic E-state index is 0.00640. The Morgan fingerprint density at radius 2 is 1.96 bits per heavy atom. The molecule has 27 heavy (non-hydrogen) atoms. The third-order valence-electron chi connectivity index (χ3n) is 4.34. The number of rotatable bonds is 8. The second-order valence-corrected chi connectivity index (χ2v) is 6.55. The van der Waals surface area contributed by atoms with Crippen LogP contribution in [-0.2, 0) is 17.8 Å². The van der Waals surface area contributed by atoms with Gasteiger partial charge in [0.2, 0.25) is 5.91 Å². The van der Waals surface area contributed by atoms with Gasteiger partial charge in [-0.15, -0.1) is 0 Å². The van der Waals surface area contributed by atoms with Crippen LogP contribution >= 0.6 is 11.6 Å². The summed E-state index contributed by atoms with van der Waals surface area (Å²) < 4.78 is 12.3. The number of carbonyl (C=O) groups is 1. The van der Waals surface area contributed by atoms with Crippen molar-refractivity contribution in [3.05, 3.63) is 53.2 Å². The zero-order valence-electron chi connectivity index (χ0n) is 15.4. The Labute approximate surface area is 163 Å². The van der Waals surface area contributed by atoms with E-state index >= 15 is 0 Å². The number of hydrogen-bond acceptors (Lipinski definition) is 4. The van der Waals surface area contributed by atoms with Gasteiger partial charge in [-0.25, -0.2) is 0 Å². The third kappa shape index (κ3) is 4.71. The molecule has 3 aromatic rings. The Kier molecular flexibility index (Phi) is 6.19. The van der Waals surface area contributed by atoms with E-state index in [9.17, 15) is 4.79 Å². The maximum atomic E-state index is 12.1. The molecule has 0 unspecified atom stereocenters. The van der Waals surface area contributed by atoms with Crippen molar-refractivity contribution in [3.8, 4) is 11.5 Å². The fourth-order valence-corrected chi connectivity index (χ4v) is 3.09. The molecular formula is C20H22ClN3O3. The molecule has 0 spiro atoms. The van der Waals surface area contributed by atoms with Gasteiger partial charge in [0.25, 0.3) is 0 Å². The Hall–Kier alpha value is -2.73. The van der Waals surface area contributed by atoms with Gasteiger partial charge < -0.3 is 14.8 Å². The van der Waals surface area contributed by atoms with Crippen molar-refractivity contribution in [2.45, 2.75) is 19.4 Å². The summed E-state index contributed by atoms with van der Waals surface area (Å²) in [6.45, 7) is 1.08. The van der Waals surface area contributed by atoms with E-state index in [0.717, 1.165) is 22.9 Å².